The minimum atomic E-state index is -2.05. The fraction of sp³-hybridized carbons (Fsp3) is 0.514. The van der Waals surface area contributed by atoms with Gasteiger partial charge in [-0.15, -0.1) is 0 Å². The highest BCUT2D eigenvalue weighted by Gasteiger charge is 2.52. The summed E-state index contributed by atoms with van der Waals surface area (Å²) in [5.41, 5.74) is -1.78. The lowest BCUT2D eigenvalue weighted by atomic mass is 9.79. The lowest BCUT2D eigenvalue weighted by molar-refractivity contribution is -0.160. The van der Waals surface area contributed by atoms with Crippen molar-refractivity contribution in [3.8, 4) is 11.5 Å². The molecule has 3 aliphatic heterocycles. The lowest BCUT2D eigenvalue weighted by Crippen LogP contribution is -2.46. The van der Waals surface area contributed by atoms with Crippen LogP contribution in [0.25, 0.3) is 0 Å². The summed E-state index contributed by atoms with van der Waals surface area (Å²) in [4.78, 5) is 79.5. The van der Waals surface area contributed by atoms with E-state index in [4.69, 9.17) is 18.9 Å². The molecular formula is C37H43NO13. The first-order valence-corrected chi connectivity index (χ1v) is 16.7. The zero-order valence-corrected chi connectivity index (χ0v) is 29.6. The van der Waals surface area contributed by atoms with Gasteiger partial charge in [0, 0.05) is 61.8 Å². The van der Waals surface area contributed by atoms with Crippen LogP contribution in [0.5, 0.6) is 11.5 Å². The number of aliphatic hydroxyl groups is 2. The first-order chi connectivity index (χ1) is 23.8. The lowest BCUT2D eigenvalue weighted by Gasteiger charge is -2.37. The van der Waals surface area contributed by atoms with Gasteiger partial charge >= 0.3 is 11.8 Å². The third-order valence-corrected chi connectivity index (χ3v) is 10.5. The largest absolute Gasteiger partial charge is 0.507 e. The number of phenolic OH excluding ortho intramolecular Hbond substituents is 1. The highest BCUT2D eigenvalue weighted by atomic mass is 16.7. The molecule has 0 aromatic heterocycles. The van der Waals surface area contributed by atoms with Crippen LogP contribution < -0.4 is 10.1 Å². The number of rotatable bonds is 2. The molecule has 51 heavy (non-hydrogen) atoms. The van der Waals surface area contributed by atoms with E-state index in [9.17, 15) is 44.1 Å². The van der Waals surface area contributed by atoms with Gasteiger partial charge < -0.3 is 39.6 Å². The van der Waals surface area contributed by atoms with Crippen LogP contribution in [0.4, 0.5) is 0 Å². The highest BCUT2D eigenvalue weighted by Crippen LogP contribution is 2.48. The van der Waals surface area contributed by atoms with Crippen LogP contribution in [0, 0.1) is 36.5 Å². The number of esters is 1. The summed E-state index contributed by atoms with van der Waals surface area (Å²) in [5, 5.41) is 36.1. The van der Waals surface area contributed by atoms with Crippen LogP contribution in [0.2, 0.25) is 0 Å². The number of Topliss-reactive ketones (excluding diaryl/α,β-unsaturated/α-hetero) is 2. The Morgan fingerprint density at radius 1 is 0.961 bits per heavy atom. The number of benzene rings is 1. The molecule has 10 atom stereocenters. The molecule has 3 heterocycles. The monoisotopic (exact) mass is 709 g/mol. The molecule has 1 aromatic rings. The van der Waals surface area contributed by atoms with Gasteiger partial charge in [0.05, 0.1) is 47.0 Å². The number of carbonyl (C=O) groups is 6. The number of amides is 1. The maximum atomic E-state index is 13.9. The molecule has 5 aliphatic rings. The summed E-state index contributed by atoms with van der Waals surface area (Å²) in [6.45, 7) is 10.3. The van der Waals surface area contributed by atoms with Crippen molar-refractivity contribution in [1.82, 2.24) is 5.32 Å². The van der Waals surface area contributed by atoms with Crippen LogP contribution >= 0.6 is 0 Å². The van der Waals surface area contributed by atoms with Crippen molar-refractivity contribution in [2.45, 2.75) is 85.1 Å². The van der Waals surface area contributed by atoms with E-state index in [1.807, 2.05) is 0 Å². The van der Waals surface area contributed by atoms with Crippen molar-refractivity contribution < 1.29 is 63.0 Å². The van der Waals surface area contributed by atoms with Gasteiger partial charge in [-0.2, -0.15) is 0 Å². The molecule has 0 spiro atoms. The van der Waals surface area contributed by atoms with E-state index in [0.717, 1.165) is 18.4 Å². The van der Waals surface area contributed by atoms with Crippen molar-refractivity contribution >= 4 is 35.0 Å². The third-order valence-electron chi connectivity index (χ3n) is 10.5. The Morgan fingerprint density at radius 2 is 1.63 bits per heavy atom. The first-order valence-electron chi connectivity index (χ1n) is 16.7. The van der Waals surface area contributed by atoms with Gasteiger partial charge in [0.1, 0.15) is 17.6 Å². The number of aromatic hydroxyl groups is 1. The number of fused-ring (bicyclic) bond motifs is 12. The number of nitrogens with one attached hydrogen (secondary N) is 1. The van der Waals surface area contributed by atoms with Crippen molar-refractivity contribution in [3.63, 3.8) is 0 Å². The predicted octanol–water partition coefficient (Wildman–Crippen LogP) is 2.64. The van der Waals surface area contributed by atoms with Gasteiger partial charge in [0.25, 0.3) is 11.7 Å². The maximum absolute atomic E-state index is 13.9. The number of ether oxygens (including phenoxy) is 4. The van der Waals surface area contributed by atoms with Gasteiger partial charge in [-0.25, -0.2) is 0 Å². The minimum Gasteiger partial charge on any atom is -0.507 e. The molecule has 1 aromatic carbocycles. The van der Waals surface area contributed by atoms with E-state index >= 15 is 0 Å². The average molecular weight is 710 g/mol. The van der Waals surface area contributed by atoms with Crippen molar-refractivity contribution in [1.29, 1.82) is 0 Å². The summed E-state index contributed by atoms with van der Waals surface area (Å²) in [7, 11) is 1.40. The second kappa shape index (κ2) is 13.8. The summed E-state index contributed by atoms with van der Waals surface area (Å²) in [6.07, 6.45) is 0.761. The van der Waals surface area contributed by atoms with Crippen LogP contribution in [0.1, 0.15) is 84.6 Å². The van der Waals surface area contributed by atoms with Gasteiger partial charge in [0.15, 0.2) is 11.6 Å². The molecule has 14 heteroatoms. The Hall–Kier alpha value is -4.66. The zero-order chi connectivity index (χ0) is 37.9. The van der Waals surface area contributed by atoms with Gasteiger partial charge in [0.2, 0.25) is 5.78 Å². The molecule has 274 valence electrons. The molecular weight excluding hydrogens is 666 g/mol. The molecule has 0 saturated heterocycles. The number of allylic oxidation sites excluding steroid dienone is 3. The predicted molar refractivity (Wildman–Crippen MR) is 178 cm³/mol. The summed E-state index contributed by atoms with van der Waals surface area (Å²) in [6, 6.07) is 0. The number of hydrogen-bond donors (Lipinski definition) is 4. The van der Waals surface area contributed by atoms with Crippen molar-refractivity contribution in [2.75, 3.05) is 7.11 Å². The van der Waals surface area contributed by atoms with Crippen LogP contribution in [0.3, 0.4) is 0 Å². The zero-order valence-electron chi connectivity index (χ0n) is 29.6. The Kier molecular flexibility index (Phi) is 10.2. The number of hydrogen-bond acceptors (Lipinski definition) is 13. The molecule has 1 fully saturated rings. The molecule has 6 rings (SSSR count). The van der Waals surface area contributed by atoms with E-state index < -0.39 is 117 Å². The SMILES string of the molecule is CO[C@H]1/C=C/O[C@@]2(C)Oc3c(C)c(O)c4c(c3C2=O)C(=O)C=C(NC(=O)/C(C)=C\C(=O)[C@@H]2C[C@@H]2[C@H](O)[C@@H](C)[C@@H](O)[C@@H](C)[C@H](OC(C)=O)[C@@H]1C)C4=O. The van der Waals surface area contributed by atoms with Crippen LogP contribution in [0.15, 0.2) is 35.8 Å². The van der Waals surface area contributed by atoms with Gasteiger partial charge in [-0.1, -0.05) is 20.8 Å². The quantitative estimate of drug-likeness (QED) is 0.326. The topological polar surface area (TPSA) is 212 Å². The molecule has 5 bridgehead atoms. The number of methoxy groups -OCH3 is 1. The molecule has 0 unspecified atom stereocenters. The Morgan fingerprint density at radius 3 is 2.25 bits per heavy atom. The van der Waals surface area contributed by atoms with Gasteiger partial charge in [-0.3, -0.25) is 28.8 Å². The second-order valence-electron chi connectivity index (χ2n) is 14.0. The number of carbonyl (C=O) groups excluding carboxylic acids is 6. The van der Waals surface area contributed by atoms with Gasteiger partial charge in [-0.05, 0) is 38.3 Å². The van der Waals surface area contributed by atoms with E-state index in [1.165, 1.54) is 40.9 Å². The molecule has 0 radical (unpaired) electrons. The number of ketones is 4. The Bertz CT molecular complexity index is 1810. The first kappa shape index (κ1) is 37.6. The van der Waals surface area contributed by atoms with Crippen LogP contribution in [-0.2, 0) is 28.6 Å². The minimum absolute atomic E-state index is 0.0233. The van der Waals surface area contributed by atoms with E-state index in [0.29, 0.717) is 6.42 Å². The molecule has 2 aliphatic carbocycles. The second-order valence-corrected chi connectivity index (χ2v) is 14.0. The molecule has 4 N–H and O–H groups in total. The highest BCUT2D eigenvalue weighted by molar-refractivity contribution is 6.31. The fourth-order valence-electron chi connectivity index (χ4n) is 7.27. The number of aliphatic hydroxyl groups excluding tert-OH is 2. The van der Waals surface area contributed by atoms with E-state index in [1.54, 1.807) is 20.8 Å². The number of phenols is 1. The standard InChI is InChI=1S/C37H43NO13/c1-14-11-23(40)20-12-21(20)30(43)16(3)29(42)17(4)33(50-19(6)39)15(2)25(48-8)9-10-49-37(7)35(46)28-26-24(41)13-22(38-36(14)47)32(45)27(26)31(44)18(5)34(28)51-37/h9-11,13,15-17,20-21,25,29-30,33,42-44H,12H2,1-8H3,(H,38,47)/b10-9+,14-11-/t15-,16+,17-,20-,21+,25+,29-,30-,33-,37+/m1/s1. The fourth-order valence-corrected chi connectivity index (χ4v) is 7.27. The normalized spacial score (nSPS) is 35.8. The Labute approximate surface area is 294 Å². The molecule has 1 saturated carbocycles. The average Bonchev–Trinajstić information content (AvgIpc) is 3.84. The Balaban J connectivity index is 1.58. The van der Waals surface area contributed by atoms with E-state index in [2.05, 4.69) is 5.32 Å². The maximum Gasteiger partial charge on any atom is 0.312 e. The molecule has 14 nitrogen and oxygen atoms in total. The van der Waals surface area contributed by atoms with Crippen molar-refractivity contribution in [2.24, 2.45) is 29.6 Å². The van der Waals surface area contributed by atoms with Crippen LogP contribution in [-0.4, -0.2) is 87.6 Å². The smallest absolute Gasteiger partial charge is 0.312 e. The summed E-state index contributed by atoms with van der Waals surface area (Å²) >= 11 is 0. The van der Waals surface area contributed by atoms with E-state index in [-0.39, 0.29) is 22.4 Å². The summed E-state index contributed by atoms with van der Waals surface area (Å²) in [5.74, 6) is -10.7. The summed E-state index contributed by atoms with van der Waals surface area (Å²) < 4.78 is 23.0. The molecule has 1 amide bonds. The third kappa shape index (κ3) is 6.63. The van der Waals surface area contributed by atoms with Crippen molar-refractivity contribution in [3.05, 3.63) is 58.0 Å².